The first-order chi connectivity index (χ1) is 4.46. The number of hydrogen-bond acceptors (Lipinski definition) is 2. The fourth-order valence-electron chi connectivity index (χ4n) is 1.40. The zero-order valence-electron chi connectivity index (χ0n) is 6.66. The molecule has 0 aromatic rings. The minimum Gasteiger partial charge on any atom is -0.344 e. The number of quaternary nitrogens is 1. The lowest BCUT2D eigenvalue weighted by molar-refractivity contribution is -0.856. The number of carbonyl (C=O) groups is 1. The first kappa shape index (κ1) is 7.69. The molecule has 10 heavy (non-hydrogen) atoms. The molecule has 1 fully saturated rings. The zero-order valence-corrected chi connectivity index (χ0v) is 6.66. The van der Waals surface area contributed by atoms with Crippen molar-refractivity contribution in [1.82, 2.24) is 0 Å². The molecular formula is C7H14NO2+. The molecule has 1 aliphatic rings. The van der Waals surface area contributed by atoms with Gasteiger partial charge < -0.3 is 5.11 Å². The number of aliphatic hydroxyl groups is 1. The molecule has 2 unspecified atom stereocenters. The first-order valence-corrected chi connectivity index (χ1v) is 3.52. The van der Waals surface area contributed by atoms with Gasteiger partial charge in [-0.1, -0.05) is 0 Å². The third-order valence-electron chi connectivity index (χ3n) is 2.30. The van der Waals surface area contributed by atoms with Crippen molar-refractivity contribution >= 4 is 5.91 Å². The molecule has 0 spiro atoms. The highest BCUT2D eigenvalue weighted by Gasteiger charge is 2.46. The summed E-state index contributed by atoms with van der Waals surface area (Å²) in [5.41, 5.74) is 0. The number of carbonyl (C=O) groups excluding carboxylic acids is 1. The van der Waals surface area contributed by atoms with Crippen LogP contribution in [-0.4, -0.2) is 35.8 Å². The summed E-state index contributed by atoms with van der Waals surface area (Å²) in [6.07, 6.45) is 0.105. The highest BCUT2D eigenvalue weighted by molar-refractivity contribution is 5.73. The smallest absolute Gasteiger partial charge is 0.318 e. The van der Waals surface area contributed by atoms with Crippen LogP contribution in [0.3, 0.4) is 0 Å². The highest BCUT2D eigenvalue weighted by atomic mass is 16.3. The van der Waals surface area contributed by atoms with Gasteiger partial charge in [-0.3, -0.25) is 0 Å². The summed E-state index contributed by atoms with van der Waals surface area (Å²) >= 11 is 0. The van der Waals surface area contributed by atoms with Crippen molar-refractivity contribution in [2.75, 3.05) is 14.1 Å². The summed E-state index contributed by atoms with van der Waals surface area (Å²) in [5, 5.41) is 9.35. The van der Waals surface area contributed by atoms with Crippen molar-refractivity contribution in [2.24, 2.45) is 5.92 Å². The molecule has 2 atom stereocenters. The summed E-state index contributed by atoms with van der Waals surface area (Å²) < 4.78 is 0.126. The third-order valence-corrected chi connectivity index (χ3v) is 2.30. The van der Waals surface area contributed by atoms with Crippen molar-refractivity contribution < 1.29 is 14.4 Å². The second-order valence-electron chi connectivity index (χ2n) is 3.50. The summed E-state index contributed by atoms with van der Waals surface area (Å²) in [4.78, 5) is 11.2. The summed E-state index contributed by atoms with van der Waals surface area (Å²) in [7, 11) is 3.49. The minimum atomic E-state index is -0.498. The summed E-state index contributed by atoms with van der Waals surface area (Å²) in [6.45, 7) is 1.86. The van der Waals surface area contributed by atoms with Gasteiger partial charge in [0.2, 0.25) is 0 Å². The number of aliphatic hydroxyl groups excluding tert-OH is 1. The maximum Gasteiger partial charge on any atom is 0.318 e. The van der Waals surface area contributed by atoms with Crippen LogP contribution in [0.4, 0.5) is 0 Å². The van der Waals surface area contributed by atoms with Gasteiger partial charge in [-0.15, -0.1) is 0 Å². The van der Waals surface area contributed by atoms with Crippen molar-refractivity contribution in [3.63, 3.8) is 0 Å². The van der Waals surface area contributed by atoms with Crippen LogP contribution in [0, 0.1) is 5.92 Å². The Kier molecular flexibility index (Phi) is 1.57. The maximum absolute atomic E-state index is 11.2. The predicted octanol–water partition coefficient (Wildman–Crippen LogP) is -0.0524. The molecule has 58 valence electrons. The monoisotopic (exact) mass is 144 g/mol. The molecule has 0 aromatic carbocycles. The Bertz CT molecular complexity index is 165. The van der Waals surface area contributed by atoms with Crippen LogP contribution in [0.15, 0.2) is 0 Å². The molecule has 3 heteroatoms. The molecule has 1 rings (SSSR count). The fourth-order valence-corrected chi connectivity index (χ4v) is 1.40. The molecule has 1 saturated heterocycles. The molecule has 0 aromatic heterocycles. The average molecular weight is 144 g/mol. The van der Waals surface area contributed by atoms with Crippen molar-refractivity contribution in [3.05, 3.63) is 0 Å². The molecular weight excluding hydrogens is 130 g/mol. The van der Waals surface area contributed by atoms with Crippen LogP contribution < -0.4 is 0 Å². The SMILES string of the molecule is CC1CC(O)[N+](C)(C)C1=O. The van der Waals surface area contributed by atoms with Crippen LogP contribution in [0.1, 0.15) is 13.3 Å². The molecule has 1 amide bonds. The van der Waals surface area contributed by atoms with E-state index >= 15 is 0 Å². The average Bonchev–Trinajstić information content (AvgIpc) is 1.97. The molecule has 1 heterocycles. The van der Waals surface area contributed by atoms with E-state index in [-0.39, 0.29) is 16.3 Å². The molecule has 0 aliphatic carbocycles. The van der Waals surface area contributed by atoms with Gasteiger partial charge in [0.15, 0.2) is 6.23 Å². The van der Waals surface area contributed by atoms with E-state index in [9.17, 15) is 9.90 Å². The van der Waals surface area contributed by atoms with Crippen LogP contribution in [-0.2, 0) is 4.79 Å². The van der Waals surface area contributed by atoms with E-state index in [1.165, 1.54) is 0 Å². The number of likely N-dealkylation sites (tertiary alicyclic amines) is 1. The van der Waals surface area contributed by atoms with Gasteiger partial charge in [-0.05, 0) is 6.92 Å². The Labute approximate surface area is 60.8 Å². The lowest BCUT2D eigenvalue weighted by Crippen LogP contribution is -2.47. The van der Waals surface area contributed by atoms with E-state index in [1.807, 2.05) is 6.92 Å². The number of nitrogens with zero attached hydrogens (tertiary/aromatic N) is 1. The fraction of sp³-hybridized carbons (Fsp3) is 0.857. The van der Waals surface area contributed by atoms with Gasteiger partial charge in [0, 0.05) is 6.42 Å². The largest absolute Gasteiger partial charge is 0.344 e. The Hall–Kier alpha value is -0.410. The van der Waals surface area contributed by atoms with Crippen LogP contribution in [0.2, 0.25) is 0 Å². The Balaban J connectivity index is 2.85. The predicted molar refractivity (Wildman–Crippen MR) is 36.9 cm³/mol. The highest BCUT2D eigenvalue weighted by Crippen LogP contribution is 2.26. The van der Waals surface area contributed by atoms with E-state index in [0.29, 0.717) is 6.42 Å². The second kappa shape index (κ2) is 2.04. The Morgan fingerprint density at radius 3 is 2.20 bits per heavy atom. The lowest BCUT2D eigenvalue weighted by Gasteiger charge is -2.24. The topological polar surface area (TPSA) is 37.3 Å². The Morgan fingerprint density at radius 1 is 1.60 bits per heavy atom. The van der Waals surface area contributed by atoms with Gasteiger partial charge in [-0.2, -0.15) is 0 Å². The van der Waals surface area contributed by atoms with Gasteiger partial charge in [-0.25, -0.2) is 9.28 Å². The van der Waals surface area contributed by atoms with E-state index in [0.717, 1.165) is 0 Å². The molecule has 1 aliphatic heterocycles. The van der Waals surface area contributed by atoms with Gasteiger partial charge in [0.1, 0.15) is 0 Å². The van der Waals surface area contributed by atoms with Gasteiger partial charge >= 0.3 is 5.91 Å². The van der Waals surface area contributed by atoms with Gasteiger partial charge in [0.25, 0.3) is 0 Å². The van der Waals surface area contributed by atoms with E-state index in [2.05, 4.69) is 0 Å². The van der Waals surface area contributed by atoms with Crippen molar-refractivity contribution in [1.29, 1.82) is 0 Å². The quantitative estimate of drug-likeness (QED) is 0.484. The van der Waals surface area contributed by atoms with E-state index in [4.69, 9.17) is 0 Å². The molecule has 0 radical (unpaired) electrons. The zero-order chi connectivity index (χ0) is 7.94. The van der Waals surface area contributed by atoms with Crippen molar-refractivity contribution in [2.45, 2.75) is 19.6 Å². The van der Waals surface area contributed by atoms with Crippen LogP contribution in [0.25, 0.3) is 0 Å². The first-order valence-electron chi connectivity index (χ1n) is 3.52. The van der Waals surface area contributed by atoms with Gasteiger partial charge in [0.05, 0.1) is 20.0 Å². The molecule has 1 N–H and O–H groups in total. The van der Waals surface area contributed by atoms with Crippen LogP contribution >= 0.6 is 0 Å². The minimum absolute atomic E-state index is 0.0185. The number of hydrogen-bond donors (Lipinski definition) is 1. The maximum atomic E-state index is 11.2. The molecule has 0 saturated carbocycles. The molecule has 3 nitrogen and oxygen atoms in total. The third kappa shape index (κ3) is 0.859. The van der Waals surface area contributed by atoms with Crippen LogP contribution in [0.5, 0.6) is 0 Å². The summed E-state index contributed by atoms with van der Waals surface area (Å²) in [6, 6.07) is 0. The normalized spacial score (nSPS) is 38.6. The van der Waals surface area contributed by atoms with E-state index in [1.54, 1.807) is 14.1 Å². The second-order valence-corrected chi connectivity index (χ2v) is 3.50. The standard InChI is InChI=1S/C7H14NO2/c1-5-4-6(9)8(2,3)7(5)10/h5-6,9H,4H2,1-3H3/q+1. The Morgan fingerprint density at radius 2 is 2.10 bits per heavy atom. The van der Waals surface area contributed by atoms with E-state index < -0.39 is 6.23 Å². The number of amides is 1. The lowest BCUT2D eigenvalue weighted by atomic mass is 10.1. The summed E-state index contributed by atoms with van der Waals surface area (Å²) in [5.74, 6) is 0.150. The number of rotatable bonds is 0. The molecule has 0 bridgehead atoms. The van der Waals surface area contributed by atoms with Crippen molar-refractivity contribution in [3.8, 4) is 0 Å².